The molecule has 1 saturated carbocycles. The van der Waals surface area contributed by atoms with E-state index in [-0.39, 0.29) is 0 Å². The second kappa shape index (κ2) is 6.58. The van der Waals surface area contributed by atoms with Crippen LogP contribution in [0.2, 0.25) is 5.02 Å². The molecule has 0 aliphatic heterocycles. The highest BCUT2D eigenvalue weighted by Crippen LogP contribution is 2.32. The molecule has 0 radical (unpaired) electrons. The molecule has 1 aromatic carbocycles. The van der Waals surface area contributed by atoms with Crippen LogP contribution in [0.25, 0.3) is 0 Å². The van der Waals surface area contributed by atoms with Crippen LogP contribution in [0.1, 0.15) is 37.7 Å². The summed E-state index contributed by atoms with van der Waals surface area (Å²) in [4.78, 5) is 0.698. The van der Waals surface area contributed by atoms with Crippen LogP contribution in [0, 0.1) is 5.92 Å². The Bertz CT molecular complexity index is 378. The summed E-state index contributed by atoms with van der Waals surface area (Å²) in [6.45, 7) is 0. The normalized spacial score (nSPS) is 25.6. The summed E-state index contributed by atoms with van der Waals surface area (Å²) in [6.07, 6.45) is 7.79. The van der Waals surface area contributed by atoms with Crippen LogP contribution in [0.15, 0.2) is 22.7 Å². The predicted molar refractivity (Wildman–Crippen MR) is 82.1 cm³/mol. The molecule has 1 aromatic rings. The van der Waals surface area contributed by atoms with Crippen LogP contribution in [0.3, 0.4) is 0 Å². The molecule has 17 heavy (non-hydrogen) atoms. The van der Waals surface area contributed by atoms with E-state index in [0.717, 1.165) is 21.8 Å². The van der Waals surface area contributed by atoms with Gasteiger partial charge in [-0.3, -0.25) is 0 Å². The van der Waals surface area contributed by atoms with Crippen molar-refractivity contribution < 1.29 is 0 Å². The van der Waals surface area contributed by atoms with Gasteiger partial charge in [-0.25, -0.2) is 0 Å². The highest BCUT2D eigenvalue weighted by atomic mass is 79.9. The standard InChI is InChI=1S/C14H17Br2Cl/c15-12-4-2-1-3-10(8-12)7-11-5-6-13(16)9-14(11)17/h5-6,9-10,12H,1-4,7-8H2. The van der Waals surface area contributed by atoms with Gasteiger partial charge in [0, 0.05) is 14.3 Å². The van der Waals surface area contributed by atoms with Crippen molar-refractivity contribution in [3.05, 3.63) is 33.3 Å². The molecule has 0 bridgehead atoms. The van der Waals surface area contributed by atoms with Gasteiger partial charge in [0.25, 0.3) is 0 Å². The van der Waals surface area contributed by atoms with Gasteiger partial charge in [-0.05, 0) is 42.9 Å². The topological polar surface area (TPSA) is 0 Å². The molecule has 0 saturated heterocycles. The molecule has 0 N–H and O–H groups in total. The highest BCUT2D eigenvalue weighted by molar-refractivity contribution is 9.10. The number of halogens is 3. The molecule has 0 heterocycles. The zero-order valence-corrected chi connectivity index (χ0v) is 13.7. The molecule has 3 heteroatoms. The summed E-state index contributed by atoms with van der Waals surface area (Å²) in [5.41, 5.74) is 1.29. The summed E-state index contributed by atoms with van der Waals surface area (Å²) < 4.78 is 1.06. The van der Waals surface area contributed by atoms with E-state index in [9.17, 15) is 0 Å². The van der Waals surface area contributed by atoms with Gasteiger partial charge in [0.2, 0.25) is 0 Å². The first-order valence-electron chi connectivity index (χ1n) is 6.23. The Balaban J connectivity index is 2.03. The maximum atomic E-state index is 6.28. The van der Waals surface area contributed by atoms with E-state index < -0.39 is 0 Å². The van der Waals surface area contributed by atoms with Crippen LogP contribution in [0.5, 0.6) is 0 Å². The first-order chi connectivity index (χ1) is 8.15. The second-order valence-electron chi connectivity index (χ2n) is 4.92. The van der Waals surface area contributed by atoms with Crippen LogP contribution in [0.4, 0.5) is 0 Å². The van der Waals surface area contributed by atoms with E-state index in [1.54, 1.807) is 0 Å². The van der Waals surface area contributed by atoms with Crippen molar-refractivity contribution in [1.82, 2.24) is 0 Å². The van der Waals surface area contributed by atoms with Crippen molar-refractivity contribution in [3.63, 3.8) is 0 Å². The monoisotopic (exact) mass is 378 g/mol. The predicted octanol–water partition coefficient (Wildman–Crippen LogP) is 5.99. The van der Waals surface area contributed by atoms with Gasteiger partial charge in [-0.15, -0.1) is 0 Å². The third-order valence-electron chi connectivity index (χ3n) is 3.49. The molecular weight excluding hydrogens is 363 g/mol. The molecule has 0 amide bonds. The van der Waals surface area contributed by atoms with Crippen molar-refractivity contribution >= 4 is 43.5 Å². The lowest BCUT2D eigenvalue weighted by Crippen LogP contribution is -2.08. The Kier molecular flexibility index (Phi) is 5.38. The van der Waals surface area contributed by atoms with Gasteiger partial charge in [-0.1, -0.05) is 68.8 Å². The van der Waals surface area contributed by atoms with E-state index in [4.69, 9.17) is 11.6 Å². The first kappa shape index (κ1) is 13.9. The van der Waals surface area contributed by atoms with Gasteiger partial charge in [0.05, 0.1) is 0 Å². The Morgan fingerprint density at radius 2 is 2.00 bits per heavy atom. The maximum absolute atomic E-state index is 6.28. The Labute approximate surface area is 125 Å². The van der Waals surface area contributed by atoms with E-state index in [1.807, 2.05) is 6.07 Å². The SMILES string of the molecule is Clc1cc(Br)ccc1CC1CCCCC(Br)C1. The summed E-state index contributed by atoms with van der Waals surface area (Å²) >= 11 is 13.5. The third-order valence-corrected chi connectivity index (χ3v) is 5.17. The lowest BCUT2D eigenvalue weighted by atomic mass is 9.92. The second-order valence-corrected chi connectivity index (χ2v) is 7.54. The third kappa shape index (κ3) is 4.25. The Hall–Kier alpha value is 0.470. The molecule has 1 aliphatic rings. The summed E-state index contributed by atoms with van der Waals surface area (Å²) in [7, 11) is 0. The lowest BCUT2D eigenvalue weighted by molar-refractivity contribution is 0.463. The average Bonchev–Trinajstić information content (AvgIpc) is 2.47. The van der Waals surface area contributed by atoms with Crippen molar-refractivity contribution in [2.24, 2.45) is 5.92 Å². The Morgan fingerprint density at radius 1 is 1.24 bits per heavy atom. The van der Waals surface area contributed by atoms with Crippen molar-refractivity contribution in [2.45, 2.75) is 43.4 Å². The van der Waals surface area contributed by atoms with E-state index in [2.05, 4.69) is 44.0 Å². The molecule has 0 nitrogen and oxygen atoms in total. The Morgan fingerprint density at radius 3 is 2.76 bits per heavy atom. The van der Waals surface area contributed by atoms with Gasteiger partial charge < -0.3 is 0 Å². The largest absolute Gasteiger partial charge is 0.0891 e. The number of hydrogen-bond donors (Lipinski definition) is 0. The number of hydrogen-bond acceptors (Lipinski definition) is 0. The fourth-order valence-electron chi connectivity index (χ4n) is 2.58. The number of alkyl halides is 1. The average molecular weight is 381 g/mol. The quantitative estimate of drug-likeness (QED) is 0.437. The number of benzene rings is 1. The van der Waals surface area contributed by atoms with Gasteiger partial charge in [-0.2, -0.15) is 0 Å². The molecule has 1 aliphatic carbocycles. The molecular formula is C14H17Br2Cl. The van der Waals surface area contributed by atoms with Crippen molar-refractivity contribution in [1.29, 1.82) is 0 Å². The molecule has 0 aromatic heterocycles. The fourth-order valence-corrected chi connectivity index (χ4v) is 4.18. The minimum atomic E-state index is 0.698. The van der Waals surface area contributed by atoms with Gasteiger partial charge in [0.1, 0.15) is 0 Å². The minimum Gasteiger partial charge on any atom is -0.0891 e. The summed E-state index contributed by atoms with van der Waals surface area (Å²) in [5.74, 6) is 0.778. The first-order valence-corrected chi connectivity index (χ1v) is 8.32. The molecule has 94 valence electrons. The zero-order chi connectivity index (χ0) is 12.3. The van der Waals surface area contributed by atoms with Crippen molar-refractivity contribution in [2.75, 3.05) is 0 Å². The van der Waals surface area contributed by atoms with E-state index >= 15 is 0 Å². The number of rotatable bonds is 2. The summed E-state index contributed by atoms with van der Waals surface area (Å²) in [6, 6.07) is 6.24. The smallest absolute Gasteiger partial charge is 0.0449 e. The van der Waals surface area contributed by atoms with Crippen LogP contribution in [-0.2, 0) is 6.42 Å². The van der Waals surface area contributed by atoms with Crippen LogP contribution < -0.4 is 0 Å². The van der Waals surface area contributed by atoms with Crippen molar-refractivity contribution in [3.8, 4) is 0 Å². The van der Waals surface area contributed by atoms with Gasteiger partial charge in [0.15, 0.2) is 0 Å². The minimum absolute atomic E-state index is 0.698. The lowest BCUT2D eigenvalue weighted by Gasteiger charge is -2.17. The fraction of sp³-hybridized carbons (Fsp3) is 0.571. The maximum Gasteiger partial charge on any atom is 0.0449 e. The molecule has 0 spiro atoms. The molecule has 1 fully saturated rings. The van der Waals surface area contributed by atoms with Gasteiger partial charge >= 0.3 is 0 Å². The zero-order valence-electron chi connectivity index (χ0n) is 9.76. The molecule has 2 rings (SSSR count). The highest BCUT2D eigenvalue weighted by Gasteiger charge is 2.19. The molecule has 2 unspecified atom stereocenters. The summed E-state index contributed by atoms with van der Waals surface area (Å²) in [5, 5.41) is 0.898. The van der Waals surface area contributed by atoms with E-state index in [0.29, 0.717) is 4.83 Å². The van der Waals surface area contributed by atoms with Crippen LogP contribution >= 0.6 is 43.5 Å². The van der Waals surface area contributed by atoms with E-state index in [1.165, 1.54) is 37.7 Å². The van der Waals surface area contributed by atoms with Crippen LogP contribution in [-0.4, -0.2) is 4.83 Å². The molecule has 2 atom stereocenters.